The number of phenolic OH excluding ortho intramolecular Hbond substituents is 1. The van der Waals surface area contributed by atoms with Gasteiger partial charge in [-0.15, -0.1) is 11.3 Å². The van der Waals surface area contributed by atoms with E-state index in [0.29, 0.717) is 21.4 Å². The molecule has 0 amide bonds. The van der Waals surface area contributed by atoms with Crippen LogP contribution < -0.4 is 0 Å². The zero-order valence-corrected chi connectivity index (χ0v) is 16.7. The number of hydrogen-bond acceptors (Lipinski definition) is 3. The Bertz CT molecular complexity index is 1120. The highest BCUT2D eigenvalue weighted by molar-refractivity contribution is 7.21. The van der Waals surface area contributed by atoms with Crippen LogP contribution in [0.3, 0.4) is 0 Å². The molecule has 0 radical (unpaired) electrons. The van der Waals surface area contributed by atoms with Crippen molar-refractivity contribution in [2.45, 2.75) is 20.3 Å². The Morgan fingerprint density at radius 3 is 2.78 bits per heavy atom. The maximum atomic E-state index is 13.4. The van der Waals surface area contributed by atoms with Crippen molar-refractivity contribution >= 4 is 44.4 Å². The largest absolute Gasteiger partial charge is 0.508 e. The van der Waals surface area contributed by atoms with Crippen molar-refractivity contribution in [3.05, 3.63) is 81.2 Å². The third-order valence-electron chi connectivity index (χ3n) is 4.93. The summed E-state index contributed by atoms with van der Waals surface area (Å²) in [5.41, 5.74) is 3.53. The number of aryl methyl sites for hydroxylation is 1. The number of allylic oxidation sites excluding steroid dienone is 4. The van der Waals surface area contributed by atoms with E-state index in [2.05, 4.69) is 25.2 Å². The number of benzene rings is 2. The van der Waals surface area contributed by atoms with Crippen LogP contribution in [0.5, 0.6) is 5.75 Å². The molecule has 1 atom stereocenters. The molecule has 0 saturated carbocycles. The average molecular weight is 395 g/mol. The fourth-order valence-corrected chi connectivity index (χ4v) is 4.79. The van der Waals surface area contributed by atoms with Gasteiger partial charge in [0.1, 0.15) is 5.75 Å². The first-order valence-electron chi connectivity index (χ1n) is 8.89. The molecule has 0 fully saturated rings. The normalized spacial score (nSPS) is 16.6. The number of hydrogen-bond donors (Lipinski definition) is 1. The molecular weight excluding hydrogens is 376 g/mol. The number of halogens is 1. The molecule has 1 aliphatic rings. The van der Waals surface area contributed by atoms with Gasteiger partial charge < -0.3 is 5.11 Å². The van der Waals surface area contributed by atoms with Crippen LogP contribution in [0.2, 0.25) is 5.02 Å². The van der Waals surface area contributed by atoms with Gasteiger partial charge in [0.2, 0.25) is 5.78 Å². The topological polar surface area (TPSA) is 37.3 Å². The summed E-state index contributed by atoms with van der Waals surface area (Å²) in [4.78, 5) is 14.1. The summed E-state index contributed by atoms with van der Waals surface area (Å²) in [6.07, 6.45) is 7.42. The fraction of sp³-hybridized carbons (Fsp3) is 0.174. The second kappa shape index (κ2) is 6.99. The van der Waals surface area contributed by atoms with Crippen molar-refractivity contribution in [1.29, 1.82) is 0 Å². The minimum atomic E-state index is -0.0291. The first kappa shape index (κ1) is 18.0. The lowest BCUT2D eigenvalue weighted by Gasteiger charge is -2.13. The van der Waals surface area contributed by atoms with E-state index < -0.39 is 0 Å². The monoisotopic (exact) mass is 394 g/mol. The highest BCUT2D eigenvalue weighted by Crippen LogP contribution is 2.41. The van der Waals surface area contributed by atoms with Crippen molar-refractivity contribution in [2.75, 3.05) is 0 Å². The number of ketones is 1. The SMILES string of the molecule is Cc1ccc(Cl)cc1C(=O)c1sc2cc(O)ccc2c1C1=CCC(C)C=C1. The molecule has 1 aromatic heterocycles. The van der Waals surface area contributed by atoms with E-state index in [0.717, 1.165) is 33.2 Å². The molecular formula is C23H19ClO2S. The standard InChI is InChI=1S/C23H19ClO2S/c1-13-3-6-15(7-4-13)21-18-10-9-17(25)12-20(18)27-23(21)22(26)19-11-16(24)8-5-14(19)2/h3,5-13,25H,4H2,1-2H3. The van der Waals surface area contributed by atoms with Crippen molar-refractivity contribution in [1.82, 2.24) is 0 Å². The van der Waals surface area contributed by atoms with Gasteiger partial charge >= 0.3 is 0 Å². The van der Waals surface area contributed by atoms with Crippen LogP contribution in [0, 0.1) is 12.8 Å². The molecule has 1 N–H and O–H groups in total. The lowest BCUT2D eigenvalue weighted by Crippen LogP contribution is -2.05. The van der Waals surface area contributed by atoms with Gasteiger partial charge in [-0.05, 0) is 60.7 Å². The van der Waals surface area contributed by atoms with Crippen molar-refractivity contribution in [3.8, 4) is 5.75 Å². The summed E-state index contributed by atoms with van der Waals surface area (Å²) < 4.78 is 0.904. The first-order chi connectivity index (χ1) is 12.9. The molecule has 1 aliphatic carbocycles. The van der Waals surface area contributed by atoms with Gasteiger partial charge in [0.25, 0.3) is 0 Å². The van der Waals surface area contributed by atoms with Gasteiger partial charge in [0.15, 0.2) is 0 Å². The van der Waals surface area contributed by atoms with Crippen molar-refractivity contribution in [2.24, 2.45) is 5.92 Å². The lowest BCUT2D eigenvalue weighted by molar-refractivity contribution is 0.104. The summed E-state index contributed by atoms with van der Waals surface area (Å²) >= 11 is 7.57. The Morgan fingerprint density at radius 1 is 1.22 bits per heavy atom. The number of thiophene rings is 1. The summed E-state index contributed by atoms with van der Waals surface area (Å²) in [6.45, 7) is 4.10. The Balaban J connectivity index is 1.94. The van der Waals surface area contributed by atoms with Gasteiger partial charge in [0.05, 0.1) is 4.88 Å². The number of carbonyl (C=O) groups is 1. The minimum absolute atomic E-state index is 0.0291. The molecule has 4 rings (SSSR count). The van der Waals surface area contributed by atoms with Gasteiger partial charge in [-0.3, -0.25) is 4.79 Å². The molecule has 1 unspecified atom stereocenters. The quantitative estimate of drug-likeness (QED) is 0.497. The molecule has 0 aliphatic heterocycles. The number of aromatic hydroxyl groups is 1. The summed E-state index contributed by atoms with van der Waals surface area (Å²) in [5.74, 6) is 0.672. The Morgan fingerprint density at radius 2 is 2.04 bits per heavy atom. The highest BCUT2D eigenvalue weighted by Gasteiger charge is 2.23. The van der Waals surface area contributed by atoms with E-state index in [1.165, 1.54) is 11.3 Å². The predicted molar refractivity (Wildman–Crippen MR) is 114 cm³/mol. The van der Waals surface area contributed by atoms with Crippen LogP contribution >= 0.6 is 22.9 Å². The smallest absolute Gasteiger partial charge is 0.203 e. The van der Waals surface area contributed by atoms with Crippen LogP contribution in [0.15, 0.2) is 54.6 Å². The Kier molecular flexibility index (Phi) is 4.67. The number of phenols is 1. The first-order valence-corrected chi connectivity index (χ1v) is 10.1. The van der Waals surface area contributed by atoms with Crippen LogP contribution in [-0.4, -0.2) is 10.9 Å². The average Bonchev–Trinajstić information content (AvgIpc) is 3.02. The zero-order valence-electron chi connectivity index (χ0n) is 15.1. The van der Waals surface area contributed by atoms with E-state index in [9.17, 15) is 9.90 Å². The van der Waals surface area contributed by atoms with Crippen molar-refractivity contribution in [3.63, 3.8) is 0 Å². The minimum Gasteiger partial charge on any atom is -0.508 e. The molecule has 2 aromatic carbocycles. The molecule has 2 nitrogen and oxygen atoms in total. The molecule has 4 heteroatoms. The second-order valence-corrected chi connectivity index (χ2v) is 8.50. The van der Waals surface area contributed by atoms with E-state index in [1.54, 1.807) is 24.3 Å². The molecule has 27 heavy (non-hydrogen) atoms. The van der Waals surface area contributed by atoms with Crippen LogP contribution in [0.1, 0.15) is 39.7 Å². The van der Waals surface area contributed by atoms with Crippen LogP contribution in [-0.2, 0) is 0 Å². The molecule has 0 spiro atoms. The maximum Gasteiger partial charge on any atom is 0.203 e. The van der Waals surface area contributed by atoms with Crippen LogP contribution in [0.4, 0.5) is 0 Å². The number of fused-ring (bicyclic) bond motifs is 1. The zero-order chi connectivity index (χ0) is 19.1. The van der Waals surface area contributed by atoms with E-state index >= 15 is 0 Å². The Hall–Kier alpha value is -2.36. The number of rotatable bonds is 3. The van der Waals surface area contributed by atoms with E-state index in [4.69, 9.17) is 11.6 Å². The number of carbonyl (C=O) groups excluding carboxylic acids is 1. The summed E-state index contributed by atoms with van der Waals surface area (Å²) in [6, 6.07) is 10.7. The lowest BCUT2D eigenvalue weighted by atomic mass is 9.91. The second-order valence-electron chi connectivity index (χ2n) is 7.01. The van der Waals surface area contributed by atoms with Crippen LogP contribution in [0.25, 0.3) is 15.7 Å². The van der Waals surface area contributed by atoms with Gasteiger partial charge in [0, 0.05) is 26.2 Å². The van der Waals surface area contributed by atoms with Gasteiger partial charge in [-0.2, -0.15) is 0 Å². The Labute approximate surface area is 167 Å². The predicted octanol–water partition coefficient (Wildman–Crippen LogP) is 6.78. The molecule has 0 bridgehead atoms. The van der Waals surface area contributed by atoms with Crippen molar-refractivity contribution < 1.29 is 9.90 Å². The van der Waals surface area contributed by atoms with Gasteiger partial charge in [-0.1, -0.05) is 42.8 Å². The fourth-order valence-electron chi connectivity index (χ4n) is 3.41. The third-order valence-corrected chi connectivity index (χ3v) is 6.31. The molecule has 3 aromatic rings. The summed E-state index contributed by atoms with van der Waals surface area (Å²) in [7, 11) is 0. The summed E-state index contributed by atoms with van der Waals surface area (Å²) in [5, 5.41) is 11.4. The molecule has 136 valence electrons. The van der Waals surface area contributed by atoms with Gasteiger partial charge in [-0.25, -0.2) is 0 Å². The molecule has 1 heterocycles. The van der Waals surface area contributed by atoms with E-state index in [-0.39, 0.29) is 11.5 Å². The van der Waals surface area contributed by atoms with E-state index in [1.807, 2.05) is 19.1 Å². The molecule has 0 saturated heterocycles. The highest BCUT2D eigenvalue weighted by atomic mass is 35.5. The third kappa shape index (κ3) is 3.33. The maximum absolute atomic E-state index is 13.4.